The third kappa shape index (κ3) is 55.8. The van der Waals surface area contributed by atoms with Crippen LogP contribution in [0.1, 0.15) is 386 Å². The van der Waals surface area contributed by atoms with Crippen molar-refractivity contribution in [3.8, 4) is 0 Å². The molecule has 0 aromatic heterocycles. The number of hydrogen-bond donors (Lipinski definition) is 5. The van der Waals surface area contributed by atoms with Crippen LogP contribution in [0.5, 0.6) is 0 Å². The average Bonchev–Trinajstić information content (AvgIpc) is 3.41. The van der Waals surface area contributed by atoms with Gasteiger partial charge in [-0.1, -0.05) is 360 Å². The Morgan fingerprint density at radius 2 is 0.554 bits per heavy atom. The van der Waals surface area contributed by atoms with E-state index in [9.17, 15) is 25.2 Å². The smallest absolute Gasteiger partial charge is 0.249 e. The SMILES string of the molecule is CCCCCCCCCCCCCCCCCCCCCCCCCCCC/C=C/CCCC(O)C(O)C(CO)NC(=O)C(O)CCCCCCCCCCCCCCCCCCCCCCCCCCCCC. The molecule has 0 aliphatic heterocycles. The second-order valence-electron chi connectivity index (χ2n) is 23.9. The molecule has 0 aliphatic rings. The lowest BCUT2D eigenvalue weighted by Gasteiger charge is -2.27. The van der Waals surface area contributed by atoms with Gasteiger partial charge in [0.25, 0.3) is 0 Å². The summed E-state index contributed by atoms with van der Waals surface area (Å²) < 4.78 is 0. The van der Waals surface area contributed by atoms with Gasteiger partial charge in [-0.05, 0) is 38.5 Å². The molecule has 6 nitrogen and oxygen atoms in total. The van der Waals surface area contributed by atoms with Gasteiger partial charge >= 0.3 is 0 Å². The third-order valence-corrected chi connectivity index (χ3v) is 16.5. The van der Waals surface area contributed by atoms with Gasteiger partial charge in [-0.3, -0.25) is 4.79 Å². The van der Waals surface area contributed by atoms with Crippen molar-refractivity contribution < 1.29 is 25.2 Å². The maximum absolute atomic E-state index is 12.6. The van der Waals surface area contributed by atoms with Crippen molar-refractivity contribution in [2.75, 3.05) is 6.61 Å². The van der Waals surface area contributed by atoms with E-state index in [4.69, 9.17) is 0 Å². The third-order valence-electron chi connectivity index (χ3n) is 16.5. The van der Waals surface area contributed by atoms with Crippen LogP contribution >= 0.6 is 0 Å². The van der Waals surface area contributed by atoms with E-state index in [2.05, 4.69) is 31.3 Å². The molecule has 0 saturated carbocycles. The zero-order valence-electron chi connectivity index (χ0n) is 50.4. The number of hydrogen-bond acceptors (Lipinski definition) is 5. The molecule has 442 valence electrons. The summed E-state index contributed by atoms with van der Waals surface area (Å²) in [6, 6.07) is -1.00. The summed E-state index contributed by atoms with van der Waals surface area (Å²) >= 11 is 0. The lowest BCUT2D eigenvalue weighted by molar-refractivity contribution is -0.132. The molecule has 0 aromatic rings. The summed E-state index contributed by atoms with van der Waals surface area (Å²) in [6.45, 7) is 4.10. The van der Waals surface area contributed by atoms with Gasteiger partial charge < -0.3 is 25.7 Å². The minimum Gasteiger partial charge on any atom is -0.394 e. The molecule has 4 atom stereocenters. The summed E-state index contributed by atoms with van der Waals surface area (Å²) in [7, 11) is 0. The minimum absolute atomic E-state index is 0.369. The molecule has 1 amide bonds. The molecule has 0 fully saturated rings. The van der Waals surface area contributed by atoms with Crippen molar-refractivity contribution in [2.45, 2.75) is 411 Å². The van der Waals surface area contributed by atoms with Crippen LogP contribution in [-0.4, -0.2) is 57.3 Å². The number of nitrogens with one attached hydrogen (secondary N) is 1. The summed E-state index contributed by atoms with van der Waals surface area (Å²) in [5.41, 5.74) is 0. The molecule has 5 N–H and O–H groups in total. The van der Waals surface area contributed by atoms with Gasteiger partial charge in [-0.15, -0.1) is 0 Å². The Hall–Kier alpha value is -0.950. The van der Waals surface area contributed by atoms with Crippen LogP contribution in [0.2, 0.25) is 0 Å². The van der Waals surface area contributed by atoms with Crippen molar-refractivity contribution in [1.29, 1.82) is 0 Å². The largest absolute Gasteiger partial charge is 0.394 e. The van der Waals surface area contributed by atoms with Gasteiger partial charge in [-0.25, -0.2) is 0 Å². The number of aliphatic hydroxyl groups excluding tert-OH is 4. The minimum atomic E-state index is -1.28. The quantitative estimate of drug-likeness (QED) is 0.0308. The lowest BCUT2D eigenvalue weighted by atomic mass is 10.00. The van der Waals surface area contributed by atoms with E-state index in [1.165, 1.54) is 321 Å². The fraction of sp³-hybridized carbons (Fsp3) is 0.956. The number of aliphatic hydroxyl groups is 4. The maximum atomic E-state index is 12.6. The van der Waals surface area contributed by atoms with Gasteiger partial charge in [0.15, 0.2) is 0 Å². The number of allylic oxidation sites excluding steroid dienone is 2. The van der Waals surface area contributed by atoms with Crippen LogP contribution in [0.15, 0.2) is 12.2 Å². The van der Waals surface area contributed by atoms with Crippen LogP contribution in [-0.2, 0) is 4.79 Å². The molecule has 0 bridgehead atoms. The Balaban J connectivity index is 3.55. The lowest BCUT2D eigenvalue weighted by Crippen LogP contribution is -2.53. The topological polar surface area (TPSA) is 110 Å². The van der Waals surface area contributed by atoms with Crippen LogP contribution < -0.4 is 5.32 Å². The van der Waals surface area contributed by atoms with Crippen LogP contribution in [0, 0.1) is 0 Å². The molecule has 0 rings (SSSR count). The van der Waals surface area contributed by atoms with Crippen molar-refractivity contribution in [1.82, 2.24) is 5.32 Å². The first-order valence-electron chi connectivity index (χ1n) is 34.1. The first kappa shape index (κ1) is 73.0. The van der Waals surface area contributed by atoms with Crippen LogP contribution in [0.3, 0.4) is 0 Å². The van der Waals surface area contributed by atoms with E-state index >= 15 is 0 Å². The van der Waals surface area contributed by atoms with Crippen molar-refractivity contribution in [3.05, 3.63) is 12.2 Å². The molecule has 0 radical (unpaired) electrons. The van der Waals surface area contributed by atoms with Gasteiger partial charge in [0.1, 0.15) is 12.2 Å². The predicted octanol–water partition coefficient (Wildman–Crippen LogP) is 20.8. The maximum Gasteiger partial charge on any atom is 0.249 e. The highest BCUT2D eigenvalue weighted by Gasteiger charge is 2.28. The molecule has 4 unspecified atom stereocenters. The first-order valence-corrected chi connectivity index (χ1v) is 34.1. The Morgan fingerprint density at radius 1 is 0.324 bits per heavy atom. The van der Waals surface area contributed by atoms with Crippen molar-refractivity contribution in [3.63, 3.8) is 0 Å². The fourth-order valence-corrected chi connectivity index (χ4v) is 11.2. The van der Waals surface area contributed by atoms with Crippen LogP contribution in [0.4, 0.5) is 0 Å². The molecule has 74 heavy (non-hydrogen) atoms. The fourth-order valence-electron chi connectivity index (χ4n) is 11.2. The molecule has 0 aliphatic carbocycles. The molecular weight excluding hydrogens is 911 g/mol. The van der Waals surface area contributed by atoms with E-state index < -0.39 is 36.9 Å². The monoisotopic (exact) mass is 1050 g/mol. The number of amides is 1. The summed E-state index contributed by atoms with van der Waals surface area (Å²) in [5.74, 6) is -0.584. The molecular formula is C68H135NO5. The zero-order valence-corrected chi connectivity index (χ0v) is 50.4. The number of carbonyl (C=O) groups excluding carboxylic acids is 1. The van der Waals surface area contributed by atoms with E-state index in [0.717, 1.165) is 38.5 Å². The van der Waals surface area contributed by atoms with Gasteiger partial charge in [0, 0.05) is 0 Å². The summed E-state index contributed by atoms with van der Waals surface area (Å²) in [6.07, 6.45) is 77.7. The Bertz CT molecular complexity index is 1080. The van der Waals surface area contributed by atoms with Gasteiger partial charge in [-0.2, -0.15) is 0 Å². The molecule has 0 aromatic carbocycles. The number of rotatable bonds is 64. The number of carbonyl (C=O) groups is 1. The first-order chi connectivity index (χ1) is 36.5. The standard InChI is InChI=1S/C68H135NO5/c1-3-5-7-9-11-13-15-17-19-21-23-25-27-29-31-32-33-34-36-37-39-41-43-45-47-49-51-53-55-57-59-61-65(71)67(73)64(63-70)69-68(74)66(72)62-60-58-56-54-52-50-48-46-44-42-40-38-35-30-28-26-24-22-20-18-16-14-12-10-8-6-4-2/h53,55,64-67,70-73H,3-52,54,56-63H2,1-2H3,(H,69,74)/b55-53+. The average molecular weight is 1050 g/mol. The summed E-state index contributed by atoms with van der Waals surface area (Å²) in [4.78, 5) is 12.6. The normalized spacial score (nSPS) is 13.5. The Labute approximate surface area is 463 Å². The molecule has 0 heterocycles. The zero-order chi connectivity index (χ0) is 53.7. The highest BCUT2D eigenvalue weighted by atomic mass is 16.3. The van der Waals surface area contributed by atoms with Gasteiger partial charge in [0.05, 0.1) is 18.8 Å². The van der Waals surface area contributed by atoms with Gasteiger partial charge in [0.2, 0.25) is 5.91 Å². The van der Waals surface area contributed by atoms with E-state index in [-0.39, 0.29) is 0 Å². The van der Waals surface area contributed by atoms with E-state index in [1.54, 1.807) is 0 Å². The Kier molecular flexibility index (Phi) is 62.1. The van der Waals surface area contributed by atoms with Crippen molar-refractivity contribution >= 4 is 5.91 Å². The Morgan fingerprint density at radius 3 is 0.811 bits per heavy atom. The second kappa shape index (κ2) is 62.9. The number of unbranched alkanes of at least 4 members (excludes halogenated alkanes) is 53. The highest BCUT2D eigenvalue weighted by Crippen LogP contribution is 2.20. The molecule has 0 saturated heterocycles. The summed E-state index contributed by atoms with van der Waals surface area (Å²) in [5, 5.41) is 44.2. The second-order valence-corrected chi connectivity index (χ2v) is 23.9. The molecule has 6 heteroatoms. The highest BCUT2D eigenvalue weighted by molar-refractivity contribution is 5.80. The van der Waals surface area contributed by atoms with E-state index in [1.807, 2.05) is 0 Å². The van der Waals surface area contributed by atoms with Crippen LogP contribution in [0.25, 0.3) is 0 Å². The molecule has 0 spiro atoms. The van der Waals surface area contributed by atoms with E-state index in [0.29, 0.717) is 12.8 Å². The predicted molar refractivity (Wildman–Crippen MR) is 325 cm³/mol. The van der Waals surface area contributed by atoms with Crippen molar-refractivity contribution in [2.24, 2.45) is 0 Å².